The molecule has 11 heteroatoms. The van der Waals surface area contributed by atoms with E-state index in [0.717, 1.165) is 7.05 Å². The van der Waals surface area contributed by atoms with E-state index in [2.05, 4.69) is 10.2 Å². The first-order valence-corrected chi connectivity index (χ1v) is 6.36. The van der Waals surface area contributed by atoms with Crippen LogP contribution in [-0.2, 0) is 14.8 Å². The predicted molar refractivity (Wildman–Crippen MR) is 57.5 cm³/mol. The molecule has 0 spiro atoms. The van der Waals surface area contributed by atoms with E-state index in [-0.39, 0.29) is 5.03 Å². The first-order chi connectivity index (χ1) is 8.63. The molecule has 0 fully saturated rings. The maximum absolute atomic E-state index is 11.9. The molecule has 0 saturated carbocycles. The van der Waals surface area contributed by atoms with Gasteiger partial charge in [0.15, 0.2) is 5.03 Å². The summed E-state index contributed by atoms with van der Waals surface area (Å²) in [7, 11) is -2.90. The number of H-pyrrole nitrogens is 1. The van der Waals surface area contributed by atoms with E-state index in [0.29, 0.717) is 4.31 Å². The molecule has 0 aliphatic rings. The Morgan fingerprint density at radius 1 is 1.53 bits per heavy atom. The minimum Gasteiger partial charge on any atom is -0.346 e. The van der Waals surface area contributed by atoms with Gasteiger partial charge in [-0.15, -0.1) is 0 Å². The van der Waals surface area contributed by atoms with Crippen LogP contribution in [0.5, 0.6) is 0 Å². The molecule has 1 aromatic heterocycles. The van der Waals surface area contributed by atoms with Crippen molar-refractivity contribution < 1.29 is 26.4 Å². The SMILES string of the molecule is CN(CC(=O)NCC(F)(F)F)S(=O)(=O)c1ccn[nH]1. The molecule has 1 heterocycles. The van der Waals surface area contributed by atoms with Crippen molar-refractivity contribution in [3.05, 3.63) is 12.3 Å². The van der Waals surface area contributed by atoms with Crippen molar-refractivity contribution in [3.8, 4) is 0 Å². The van der Waals surface area contributed by atoms with Crippen LogP contribution in [0.2, 0.25) is 0 Å². The van der Waals surface area contributed by atoms with Crippen LogP contribution in [0, 0.1) is 0 Å². The maximum atomic E-state index is 11.9. The maximum Gasteiger partial charge on any atom is 0.405 e. The van der Waals surface area contributed by atoms with Crippen molar-refractivity contribution >= 4 is 15.9 Å². The van der Waals surface area contributed by atoms with Gasteiger partial charge in [-0.25, -0.2) is 8.42 Å². The number of alkyl halides is 3. The van der Waals surface area contributed by atoms with Crippen LogP contribution in [0.4, 0.5) is 13.2 Å². The monoisotopic (exact) mass is 300 g/mol. The van der Waals surface area contributed by atoms with Gasteiger partial charge in [-0.05, 0) is 6.07 Å². The molecule has 1 rings (SSSR count). The number of hydrogen-bond acceptors (Lipinski definition) is 4. The minimum absolute atomic E-state index is 0.251. The zero-order valence-corrected chi connectivity index (χ0v) is 10.5. The average Bonchev–Trinajstić information content (AvgIpc) is 2.79. The molecule has 2 N–H and O–H groups in total. The summed E-state index contributed by atoms with van der Waals surface area (Å²) in [6, 6.07) is 1.17. The standard InChI is InChI=1S/C8H11F3N4O3S/c1-15(4-6(16)12-5-8(9,10)11)19(17,18)7-2-3-13-14-7/h2-3H,4-5H2,1H3,(H,12,16)(H,13,14). The first-order valence-electron chi connectivity index (χ1n) is 4.92. The Hall–Kier alpha value is -1.62. The van der Waals surface area contributed by atoms with Gasteiger partial charge >= 0.3 is 6.18 Å². The number of rotatable bonds is 5. The minimum atomic E-state index is -4.55. The summed E-state index contributed by atoms with van der Waals surface area (Å²) in [6.07, 6.45) is -3.35. The van der Waals surface area contributed by atoms with Crippen LogP contribution in [0.3, 0.4) is 0 Å². The summed E-state index contributed by atoms with van der Waals surface area (Å²) >= 11 is 0. The van der Waals surface area contributed by atoms with Crippen LogP contribution in [0.1, 0.15) is 0 Å². The fourth-order valence-electron chi connectivity index (χ4n) is 1.10. The summed E-state index contributed by atoms with van der Waals surface area (Å²) < 4.78 is 59.7. The molecule has 1 amide bonds. The molecule has 0 aliphatic heterocycles. The molecule has 0 bridgehead atoms. The zero-order valence-electron chi connectivity index (χ0n) is 9.73. The Kier molecular flexibility index (Phi) is 4.52. The van der Waals surface area contributed by atoms with Gasteiger partial charge in [0.2, 0.25) is 5.91 Å². The van der Waals surface area contributed by atoms with Crippen molar-refractivity contribution in [2.75, 3.05) is 20.1 Å². The first kappa shape index (κ1) is 15.4. The number of aromatic nitrogens is 2. The molecule has 1 aromatic rings. The lowest BCUT2D eigenvalue weighted by Crippen LogP contribution is -2.41. The molecule has 0 aliphatic carbocycles. The molecule has 19 heavy (non-hydrogen) atoms. The smallest absolute Gasteiger partial charge is 0.346 e. The van der Waals surface area contributed by atoms with Gasteiger partial charge in [-0.3, -0.25) is 9.89 Å². The van der Waals surface area contributed by atoms with E-state index in [1.54, 1.807) is 5.32 Å². The fraction of sp³-hybridized carbons (Fsp3) is 0.500. The number of hydrogen-bond donors (Lipinski definition) is 2. The molecule has 0 atom stereocenters. The number of nitrogens with one attached hydrogen (secondary N) is 2. The van der Waals surface area contributed by atoms with E-state index in [1.807, 2.05) is 0 Å². The second-order valence-corrected chi connectivity index (χ2v) is 5.59. The Morgan fingerprint density at radius 3 is 2.63 bits per heavy atom. The van der Waals surface area contributed by atoms with E-state index in [9.17, 15) is 26.4 Å². The highest BCUT2D eigenvalue weighted by atomic mass is 32.2. The number of amides is 1. The van der Waals surface area contributed by atoms with E-state index >= 15 is 0 Å². The molecule has 0 radical (unpaired) electrons. The predicted octanol–water partition coefficient (Wildman–Crippen LogP) is -0.291. The summed E-state index contributed by atoms with van der Waals surface area (Å²) in [5.74, 6) is -1.05. The zero-order chi connectivity index (χ0) is 14.7. The van der Waals surface area contributed by atoms with Crippen molar-refractivity contribution in [2.24, 2.45) is 0 Å². The second kappa shape index (κ2) is 5.57. The lowest BCUT2D eigenvalue weighted by molar-refractivity contribution is -0.138. The van der Waals surface area contributed by atoms with Crippen molar-refractivity contribution in [2.45, 2.75) is 11.2 Å². The highest BCUT2D eigenvalue weighted by Gasteiger charge is 2.29. The molecule has 108 valence electrons. The lowest BCUT2D eigenvalue weighted by atomic mass is 10.5. The number of carbonyl (C=O) groups excluding carboxylic acids is 1. The molecule has 0 aromatic carbocycles. The van der Waals surface area contributed by atoms with Crippen LogP contribution in [0.15, 0.2) is 17.3 Å². The second-order valence-electron chi connectivity index (χ2n) is 3.57. The van der Waals surface area contributed by atoms with Gasteiger partial charge in [0.05, 0.1) is 12.7 Å². The van der Waals surface area contributed by atoms with Gasteiger partial charge in [0.1, 0.15) is 6.54 Å². The highest BCUT2D eigenvalue weighted by molar-refractivity contribution is 7.89. The highest BCUT2D eigenvalue weighted by Crippen LogP contribution is 2.12. The van der Waals surface area contributed by atoms with Crippen molar-refractivity contribution in [1.82, 2.24) is 19.8 Å². The van der Waals surface area contributed by atoms with Crippen LogP contribution >= 0.6 is 0 Å². The number of aromatic amines is 1. The molecule has 7 nitrogen and oxygen atoms in total. The number of likely N-dealkylation sites (N-methyl/N-ethyl adjacent to an activating group) is 1. The molecule has 0 saturated heterocycles. The Bertz CT molecular complexity index is 526. The summed E-state index contributed by atoms with van der Waals surface area (Å²) in [4.78, 5) is 11.2. The molecular weight excluding hydrogens is 289 g/mol. The van der Waals surface area contributed by atoms with Crippen LogP contribution in [-0.4, -0.2) is 55.1 Å². The van der Waals surface area contributed by atoms with Gasteiger partial charge in [-0.1, -0.05) is 0 Å². The van der Waals surface area contributed by atoms with Gasteiger partial charge < -0.3 is 5.32 Å². The number of carbonyl (C=O) groups is 1. The third kappa shape index (κ3) is 4.52. The Labute approximate surface area is 106 Å². The third-order valence-corrected chi connectivity index (χ3v) is 3.75. The number of halogens is 3. The van der Waals surface area contributed by atoms with E-state index in [1.165, 1.54) is 12.3 Å². The third-order valence-electron chi connectivity index (χ3n) is 2.02. The Balaban J connectivity index is 2.60. The van der Waals surface area contributed by atoms with Gasteiger partial charge in [-0.2, -0.15) is 22.6 Å². The summed E-state index contributed by atoms with van der Waals surface area (Å²) in [5, 5.41) is 6.96. The van der Waals surface area contributed by atoms with Gasteiger partial charge in [0.25, 0.3) is 10.0 Å². The number of nitrogens with zero attached hydrogens (tertiary/aromatic N) is 2. The topological polar surface area (TPSA) is 95.2 Å². The molecular formula is C8H11F3N4O3S. The summed E-state index contributed by atoms with van der Waals surface area (Å²) in [6.45, 7) is -2.23. The number of sulfonamides is 1. The largest absolute Gasteiger partial charge is 0.405 e. The quantitative estimate of drug-likeness (QED) is 0.781. The van der Waals surface area contributed by atoms with Crippen LogP contribution in [0.25, 0.3) is 0 Å². The normalized spacial score (nSPS) is 12.7. The van der Waals surface area contributed by atoms with E-state index in [4.69, 9.17) is 0 Å². The van der Waals surface area contributed by atoms with Crippen molar-refractivity contribution in [3.63, 3.8) is 0 Å². The molecule has 0 unspecified atom stereocenters. The lowest BCUT2D eigenvalue weighted by Gasteiger charge is -2.16. The Morgan fingerprint density at radius 2 is 2.16 bits per heavy atom. The van der Waals surface area contributed by atoms with E-state index < -0.39 is 35.2 Å². The van der Waals surface area contributed by atoms with Crippen LogP contribution < -0.4 is 5.32 Å². The summed E-state index contributed by atoms with van der Waals surface area (Å²) in [5.41, 5.74) is 0. The van der Waals surface area contributed by atoms with Gasteiger partial charge in [0, 0.05) is 7.05 Å². The fourth-order valence-corrected chi connectivity index (χ4v) is 2.12. The average molecular weight is 300 g/mol. The van der Waals surface area contributed by atoms with Crippen molar-refractivity contribution in [1.29, 1.82) is 0 Å².